The smallest absolute Gasteiger partial charge is 0.145 e. The first-order chi connectivity index (χ1) is 6.66. The molecule has 0 saturated heterocycles. The molecule has 0 aliphatic carbocycles. The molecule has 1 aromatic heterocycles. The second-order valence-corrected chi connectivity index (χ2v) is 3.55. The van der Waals surface area contributed by atoms with E-state index >= 15 is 0 Å². The summed E-state index contributed by atoms with van der Waals surface area (Å²) in [4.78, 5) is 0. The second kappa shape index (κ2) is 3.35. The van der Waals surface area contributed by atoms with Gasteiger partial charge in [-0.3, -0.25) is 0 Å². The van der Waals surface area contributed by atoms with Crippen LogP contribution in [-0.2, 0) is 0 Å². The van der Waals surface area contributed by atoms with Gasteiger partial charge in [-0.15, -0.1) is 0 Å². The molecule has 1 aromatic carbocycles. The lowest BCUT2D eigenvalue weighted by Crippen LogP contribution is -1.98. The Labute approximate surface area is 87.1 Å². The molecule has 0 fully saturated rings. The number of nitrogens with zero attached hydrogens (tertiary/aromatic N) is 2. The molecule has 72 valence electrons. The number of anilines is 1. The standard InChI is InChI=1S/C10H10ClN3/c1-7-2-3-8(11)6-9(7)14-5-4-10(12)13-14/h2-6H,1H3,(H2,12,13). The zero-order valence-electron chi connectivity index (χ0n) is 7.74. The molecule has 0 amide bonds. The van der Waals surface area contributed by atoms with Gasteiger partial charge in [0.05, 0.1) is 5.69 Å². The van der Waals surface area contributed by atoms with Crippen LogP contribution in [0.1, 0.15) is 5.56 Å². The molecule has 0 bridgehead atoms. The molecule has 0 spiro atoms. The number of hydrogen-bond acceptors (Lipinski definition) is 2. The van der Waals surface area contributed by atoms with E-state index in [-0.39, 0.29) is 0 Å². The number of nitrogens with two attached hydrogens (primary N) is 1. The predicted molar refractivity (Wildman–Crippen MR) is 57.7 cm³/mol. The van der Waals surface area contributed by atoms with Gasteiger partial charge in [0.15, 0.2) is 0 Å². The van der Waals surface area contributed by atoms with Crippen molar-refractivity contribution in [1.82, 2.24) is 9.78 Å². The summed E-state index contributed by atoms with van der Waals surface area (Å²) in [5, 5.41) is 4.81. The van der Waals surface area contributed by atoms with Crippen molar-refractivity contribution in [3.63, 3.8) is 0 Å². The van der Waals surface area contributed by atoms with Gasteiger partial charge >= 0.3 is 0 Å². The van der Waals surface area contributed by atoms with Gasteiger partial charge in [-0.1, -0.05) is 17.7 Å². The average molecular weight is 208 g/mol. The number of aryl methyl sites for hydroxylation is 1. The third kappa shape index (κ3) is 1.59. The van der Waals surface area contributed by atoms with Crippen LogP contribution in [0.2, 0.25) is 5.02 Å². The van der Waals surface area contributed by atoms with E-state index in [2.05, 4.69) is 5.10 Å². The maximum absolute atomic E-state index is 5.90. The summed E-state index contributed by atoms with van der Waals surface area (Å²) < 4.78 is 1.72. The first kappa shape index (κ1) is 9.09. The SMILES string of the molecule is Cc1ccc(Cl)cc1-n1ccc(N)n1. The molecular formula is C10H10ClN3. The fourth-order valence-electron chi connectivity index (χ4n) is 1.30. The molecule has 2 N–H and O–H groups in total. The molecule has 1 heterocycles. The Bertz CT molecular complexity index is 462. The van der Waals surface area contributed by atoms with E-state index in [0.717, 1.165) is 11.3 Å². The molecule has 0 unspecified atom stereocenters. The molecule has 0 saturated carbocycles. The Balaban J connectivity index is 2.55. The molecular weight excluding hydrogens is 198 g/mol. The minimum Gasteiger partial charge on any atom is -0.382 e. The summed E-state index contributed by atoms with van der Waals surface area (Å²) in [6, 6.07) is 7.42. The summed E-state index contributed by atoms with van der Waals surface area (Å²) in [6.45, 7) is 2.00. The van der Waals surface area contributed by atoms with Gasteiger partial charge in [-0.25, -0.2) is 4.68 Å². The summed E-state index contributed by atoms with van der Waals surface area (Å²) in [7, 11) is 0. The monoisotopic (exact) mass is 207 g/mol. The predicted octanol–water partition coefficient (Wildman–Crippen LogP) is 2.42. The van der Waals surface area contributed by atoms with Gasteiger partial charge in [0, 0.05) is 17.3 Å². The van der Waals surface area contributed by atoms with Gasteiger partial charge in [-0.05, 0) is 24.6 Å². The van der Waals surface area contributed by atoms with Gasteiger partial charge in [-0.2, -0.15) is 5.10 Å². The zero-order chi connectivity index (χ0) is 10.1. The van der Waals surface area contributed by atoms with E-state index in [0.29, 0.717) is 10.8 Å². The molecule has 2 rings (SSSR count). The Morgan fingerprint density at radius 2 is 2.14 bits per heavy atom. The maximum Gasteiger partial charge on any atom is 0.145 e. The van der Waals surface area contributed by atoms with Gasteiger partial charge in [0.1, 0.15) is 5.82 Å². The highest BCUT2D eigenvalue weighted by Crippen LogP contribution is 2.19. The van der Waals surface area contributed by atoms with E-state index in [1.54, 1.807) is 10.7 Å². The van der Waals surface area contributed by atoms with Crippen LogP contribution in [-0.4, -0.2) is 9.78 Å². The third-order valence-corrected chi connectivity index (χ3v) is 2.26. The van der Waals surface area contributed by atoms with Crippen molar-refractivity contribution in [1.29, 1.82) is 0 Å². The van der Waals surface area contributed by atoms with Gasteiger partial charge in [0.2, 0.25) is 0 Å². The lowest BCUT2D eigenvalue weighted by atomic mass is 10.2. The van der Waals surface area contributed by atoms with Crippen LogP contribution in [0.4, 0.5) is 5.82 Å². The quantitative estimate of drug-likeness (QED) is 0.781. The van der Waals surface area contributed by atoms with E-state index in [1.165, 1.54) is 0 Å². The van der Waals surface area contributed by atoms with Crippen molar-refractivity contribution in [2.45, 2.75) is 6.92 Å². The Morgan fingerprint density at radius 3 is 2.79 bits per heavy atom. The van der Waals surface area contributed by atoms with Crippen LogP contribution in [0.15, 0.2) is 30.5 Å². The lowest BCUT2D eigenvalue weighted by molar-refractivity contribution is 0.878. The van der Waals surface area contributed by atoms with Crippen molar-refractivity contribution in [2.24, 2.45) is 0 Å². The normalized spacial score (nSPS) is 10.4. The van der Waals surface area contributed by atoms with Crippen molar-refractivity contribution in [2.75, 3.05) is 5.73 Å². The lowest BCUT2D eigenvalue weighted by Gasteiger charge is -2.05. The van der Waals surface area contributed by atoms with E-state index in [1.807, 2.05) is 31.3 Å². The molecule has 0 aliphatic rings. The number of aromatic nitrogens is 2. The van der Waals surface area contributed by atoms with E-state index < -0.39 is 0 Å². The first-order valence-corrected chi connectivity index (χ1v) is 4.62. The molecule has 0 aliphatic heterocycles. The third-order valence-electron chi connectivity index (χ3n) is 2.03. The van der Waals surface area contributed by atoms with Gasteiger partial charge in [0.25, 0.3) is 0 Å². The molecule has 2 aromatic rings. The minimum atomic E-state index is 0.504. The number of benzene rings is 1. The van der Waals surface area contributed by atoms with Crippen molar-refractivity contribution in [3.05, 3.63) is 41.0 Å². The molecule has 0 atom stereocenters. The van der Waals surface area contributed by atoms with E-state index in [4.69, 9.17) is 17.3 Å². The number of hydrogen-bond donors (Lipinski definition) is 1. The van der Waals surface area contributed by atoms with Crippen LogP contribution < -0.4 is 5.73 Å². The highest BCUT2D eigenvalue weighted by Gasteiger charge is 2.02. The summed E-state index contributed by atoms with van der Waals surface area (Å²) >= 11 is 5.90. The molecule has 14 heavy (non-hydrogen) atoms. The summed E-state index contributed by atoms with van der Waals surface area (Å²) in [6.07, 6.45) is 1.81. The Hall–Kier alpha value is -1.48. The maximum atomic E-state index is 5.90. The fourth-order valence-corrected chi connectivity index (χ4v) is 1.47. The summed E-state index contributed by atoms with van der Waals surface area (Å²) in [5.74, 6) is 0.504. The van der Waals surface area contributed by atoms with Crippen LogP contribution in [0.5, 0.6) is 0 Å². The topological polar surface area (TPSA) is 43.8 Å². The van der Waals surface area contributed by atoms with Crippen LogP contribution >= 0.6 is 11.6 Å². The minimum absolute atomic E-state index is 0.504. The highest BCUT2D eigenvalue weighted by atomic mass is 35.5. The molecule has 4 heteroatoms. The molecule has 0 radical (unpaired) electrons. The first-order valence-electron chi connectivity index (χ1n) is 4.24. The average Bonchev–Trinajstić information content (AvgIpc) is 2.56. The van der Waals surface area contributed by atoms with Crippen LogP contribution in [0, 0.1) is 6.92 Å². The Kier molecular flexibility index (Phi) is 2.17. The van der Waals surface area contributed by atoms with Crippen molar-refractivity contribution < 1.29 is 0 Å². The van der Waals surface area contributed by atoms with Crippen LogP contribution in [0.25, 0.3) is 5.69 Å². The highest BCUT2D eigenvalue weighted by molar-refractivity contribution is 6.30. The zero-order valence-corrected chi connectivity index (χ0v) is 8.49. The van der Waals surface area contributed by atoms with E-state index in [9.17, 15) is 0 Å². The summed E-state index contributed by atoms with van der Waals surface area (Å²) in [5.41, 5.74) is 7.60. The second-order valence-electron chi connectivity index (χ2n) is 3.12. The van der Waals surface area contributed by atoms with Gasteiger partial charge < -0.3 is 5.73 Å². The molecule has 3 nitrogen and oxygen atoms in total. The number of halogens is 1. The Morgan fingerprint density at radius 1 is 1.36 bits per heavy atom. The van der Waals surface area contributed by atoms with Crippen LogP contribution in [0.3, 0.4) is 0 Å². The number of rotatable bonds is 1. The largest absolute Gasteiger partial charge is 0.382 e. The van der Waals surface area contributed by atoms with Crippen molar-refractivity contribution in [3.8, 4) is 5.69 Å². The van der Waals surface area contributed by atoms with Crippen molar-refractivity contribution >= 4 is 17.4 Å². The fraction of sp³-hybridized carbons (Fsp3) is 0.100. The number of nitrogen functional groups attached to an aromatic ring is 1.